The van der Waals surface area contributed by atoms with Crippen LogP contribution >= 0.6 is 11.1 Å². The maximum absolute atomic E-state index is 8.51. The van der Waals surface area contributed by atoms with E-state index in [1.165, 1.54) is 13.7 Å². The van der Waals surface area contributed by atoms with Gasteiger partial charge >= 0.3 is 7.87 Å². The Labute approximate surface area is 42.6 Å². The fourth-order valence-electron chi connectivity index (χ4n) is 0. The van der Waals surface area contributed by atoms with Crippen LogP contribution < -0.4 is 0 Å². The van der Waals surface area contributed by atoms with Crippen molar-refractivity contribution in [3.05, 3.63) is 0 Å². The Morgan fingerprint density at radius 1 is 1.83 bits per heavy atom. The minimum Gasteiger partial charge on any atom is -0.399 e. The monoisotopic (exact) mass is 126 g/mol. The predicted molar refractivity (Wildman–Crippen MR) is 26.7 cm³/mol. The first-order chi connectivity index (χ1) is 2.56. The summed E-state index contributed by atoms with van der Waals surface area (Å²) in [6.45, 7) is 1.48. The highest BCUT2D eigenvalue weighted by Crippen LogP contribution is 2.00. The highest BCUT2D eigenvalue weighted by molar-refractivity contribution is 7.11. The van der Waals surface area contributed by atoms with Gasteiger partial charge in [0.25, 0.3) is 0 Å². The second-order valence-corrected chi connectivity index (χ2v) is 5.33. The van der Waals surface area contributed by atoms with E-state index in [0.717, 1.165) is 0 Å². The molecule has 0 fully saturated rings. The van der Waals surface area contributed by atoms with Crippen LogP contribution in [0.15, 0.2) is 0 Å². The SMILES string of the molecule is CO[Si](C)(O)Cl. The lowest BCUT2D eigenvalue weighted by Gasteiger charge is -2.04. The van der Waals surface area contributed by atoms with Crippen LogP contribution in [0.25, 0.3) is 0 Å². The van der Waals surface area contributed by atoms with Crippen LogP contribution in [0, 0.1) is 0 Å². The van der Waals surface area contributed by atoms with Gasteiger partial charge in [0.05, 0.1) is 0 Å². The largest absolute Gasteiger partial charge is 0.436 e. The molecule has 0 saturated heterocycles. The van der Waals surface area contributed by atoms with Crippen molar-refractivity contribution in [2.24, 2.45) is 0 Å². The highest BCUT2D eigenvalue weighted by Gasteiger charge is 2.19. The van der Waals surface area contributed by atoms with Crippen LogP contribution in [-0.2, 0) is 4.43 Å². The molecule has 0 aromatic rings. The van der Waals surface area contributed by atoms with E-state index in [-0.39, 0.29) is 0 Å². The molecule has 4 heteroatoms. The summed E-state index contributed by atoms with van der Waals surface area (Å²) < 4.78 is 4.40. The zero-order valence-electron chi connectivity index (χ0n) is 3.73. The maximum atomic E-state index is 8.51. The number of halogens is 1. The molecule has 0 radical (unpaired) electrons. The van der Waals surface area contributed by atoms with Crippen LogP contribution in [-0.4, -0.2) is 19.8 Å². The zero-order chi connectivity index (χ0) is 5.21. The Morgan fingerprint density at radius 3 is 2.00 bits per heavy atom. The molecular weight excluding hydrogens is 120 g/mol. The van der Waals surface area contributed by atoms with Crippen molar-refractivity contribution in [2.75, 3.05) is 7.11 Å². The van der Waals surface area contributed by atoms with Gasteiger partial charge in [-0.3, -0.25) is 0 Å². The summed E-state index contributed by atoms with van der Waals surface area (Å²) in [6.07, 6.45) is 0. The number of rotatable bonds is 1. The molecule has 1 atom stereocenters. The molecule has 0 aromatic carbocycles. The fourth-order valence-corrected chi connectivity index (χ4v) is 0. The Balaban J connectivity index is 3.17. The van der Waals surface area contributed by atoms with Gasteiger partial charge < -0.3 is 9.22 Å². The van der Waals surface area contributed by atoms with Gasteiger partial charge in [-0.2, -0.15) is 0 Å². The van der Waals surface area contributed by atoms with E-state index in [4.69, 9.17) is 15.9 Å². The quantitative estimate of drug-likeness (QED) is 0.408. The third-order valence-electron chi connectivity index (χ3n) is 0.373. The molecule has 0 aliphatic rings. The molecule has 0 heterocycles. The van der Waals surface area contributed by atoms with E-state index in [0.29, 0.717) is 0 Å². The molecule has 0 aromatic heterocycles. The zero-order valence-corrected chi connectivity index (χ0v) is 5.49. The van der Waals surface area contributed by atoms with Gasteiger partial charge in [0, 0.05) is 7.11 Å². The molecule has 6 heavy (non-hydrogen) atoms. The molecule has 0 spiro atoms. The molecule has 0 aliphatic carbocycles. The van der Waals surface area contributed by atoms with Gasteiger partial charge in [-0.15, -0.1) is 0 Å². The van der Waals surface area contributed by atoms with Gasteiger partial charge in [0.1, 0.15) is 0 Å². The van der Waals surface area contributed by atoms with E-state index in [1.54, 1.807) is 0 Å². The lowest BCUT2D eigenvalue weighted by Crippen LogP contribution is -2.24. The van der Waals surface area contributed by atoms with Crippen molar-refractivity contribution in [2.45, 2.75) is 6.55 Å². The summed E-state index contributed by atoms with van der Waals surface area (Å²) >= 11 is 5.19. The average Bonchev–Trinajstić information content (AvgIpc) is 1.35. The average molecular weight is 127 g/mol. The Kier molecular flexibility index (Phi) is 2.07. The Hall–Kier alpha value is 0.427. The molecule has 1 N–H and O–H groups in total. The van der Waals surface area contributed by atoms with Crippen LogP contribution in [0.3, 0.4) is 0 Å². The normalized spacial score (nSPS) is 20.0. The predicted octanol–water partition coefficient (Wildman–Crippen LogP) is 0.433. The summed E-state index contributed by atoms with van der Waals surface area (Å²) in [5.41, 5.74) is 0. The summed E-state index contributed by atoms with van der Waals surface area (Å²) in [5.74, 6) is 0. The van der Waals surface area contributed by atoms with Crippen LogP contribution in [0.4, 0.5) is 0 Å². The second kappa shape index (κ2) is 1.93. The van der Waals surface area contributed by atoms with Crippen molar-refractivity contribution in [1.82, 2.24) is 0 Å². The molecule has 2 nitrogen and oxygen atoms in total. The van der Waals surface area contributed by atoms with E-state index >= 15 is 0 Å². The maximum Gasteiger partial charge on any atom is 0.436 e. The van der Waals surface area contributed by atoms with Crippen molar-refractivity contribution in [3.63, 3.8) is 0 Å². The first-order valence-corrected chi connectivity index (χ1v) is 4.89. The molecule has 0 rings (SSSR count). The summed E-state index contributed by atoms with van der Waals surface area (Å²) in [4.78, 5) is 8.51. The molecule has 1 unspecified atom stereocenters. The number of hydrogen-bond donors (Lipinski definition) is 1. The lowest BCUT2D eigenvalue weighted by atomic mass is 11.8. The van der Waals surface area contributed by atoms with Gasteiger partial charge in [-0.1, -0.05) is 11.1 Å². The van der Waals surface area contributed by atoms with Gasteiger partial charge in [-0.25, -0.2) is 0 Å². The molecule has 38 valence electrons. The number of hydrogen-bond acceptors (Lipinski definition) is 2. The van der Waals surface area contributed by atoms with Crippen molar-refractivity contribution < 1.29 is 9.22 Å². The molecule has 0 aliphatic heterocycles. The Morgan fingerprint density at radius 2 is 2.00 bits per heavy atom. The van der Waals surface area contributed by atoms with Crippen molar-refractivity contribution in [3.8, 4) is 0 Å². The minimum atomic E-state index is -2.66. The standard InChI is InChI=1S/C2H7ClO2Si/c1-5-6(2,3)4/h4H,1-2H3. The molecule has 0 amide bonds. The minimum absolute atomic E-state index is 1.39. The van der Waals surface area contributed by atoms with Gasteiger partial charge in [0.2, 0.25) is 0 Å². The fraction of sp³-hybridized carbons (Fsp3) is 1.00. The van der Waals surface area contributed by atoms with E-state index in [1.807, 2.05) is 0 Å². The first kappa shape index (κ1) is 6.43. The molecule has 0 bridgehead atoms. The van der Waals surface area contributed by atoms with Crippen molar-refractivity contribution >= 4 is 18.9 Å². The molecular formula is C2H7ClO2Si. The Bertz CT molecular complexity index is 41.3. The van der Waals surface area contributed by atoms with Crippen LogP contribution in [0.2, 0.25) is 6.55 Å². The van der Waals surface area contributed by atoms with Gasteiger partial charge in [-0.05, 0) is 6.55 Å². The topological polar surface area (TPSA) is 29.5 Å². The third kappa shape index (κ3) is 4.43. The summed E-state index contributed by atoms with van der Waals surface area (Å²) in [5, 5.41) is 0. The first-order valence-electron chi connectivity index (χ1n) is 1.52. The van der Waals surface area contributed by atoms with E-state index < -0.39 is 7.87 Å². The second-order valence-electron chi connectivity index (χ2n) is 1.07. The van der Waals surface area contributed by atoms with E-state index in [2.05, 4.69) is 4.43 Å². The molecule has 0 saturated carbocycles. The highest BCUT2D eigenvalue weighted by atomic mass is 35.6. The third-order valence-corrected chi connectivity index (χ3v) is 1.58. The van der Waals surface area contributed by atoms with Crippen LogP contribution in [0.5, 0.6) is 0 Å². The summed E-state index contributed by atoms with van der Waals surface area (Å²) in [6, 6.07) is 0. The smallest absolute Gasteiger partial charge is 0.399 e. The lowest BCUT2D eigenvalue weighted by molar-refractivity contribution is 0.322. The van der Waals surface area contributed by atoms with Crippen molar-refractivity contribution in [1.29, 1.82) is 0 Å². The van der Waals surface area contributed by atoms with Gasteiger partial charge in [0.15, 0.2) is 0 Å². The summed E-state index contributed by atoms with van der Waals surface area (Å²) in [7, 11) is -1.27. The van der Waals surface area contributed by atoms with Crippen LogP contribution in [0.1, 0.15) is 0 Å². The van der Waals surface area contributed by atoms with E-state index in [9.17, 15) is 0 Å².